The number of benzene rings is 6. The van der Waals surface area contributed by atoms with E-state index in [2.05, 4.69) is 127 Å². The van der Waals surface area contributed by atoms with Crippen LogP contribution in [0.25, 0.3) is 73.7 Å². The summed E-state index contributed by atoms with van der Waals surface area (Å²) in [6.07, 6.45) is 0. The molecule has 0 saturated heterocycles. The zero-order valence-electron chi connectivity index (χ0n) is 21.4. The second-order valence-corrected chi connectivity index (χ2v) is 12.2. The molecule has 0 aliphatic heterocycles. The van der Waals surface area contributed by atoms with Crippen molar-refractivity contribution in [3.05, 3.63) is 133 Å². The minimum absolute atomic E-state index is 0.687. The topological polar surface area (TPSA) is 23.8 Å². The Morgan fingerprint density at radius 3 is 1.50 bits per heavy atom. The highest BCUT2D eigenvalue weighted by atomic mass is 32.1. The lowest BCUT2D eigenvalue weighted by molar-refractivity contribution is 1.47. The maximum Gasteiger partial charge on any atom is 0.0998 e. The molecule has 0 radical (unpaired) electrons. The molecule has 0 saturated carbocycles. The molecular weight excluding hydrogens is 523 g/mol. The first-order valence-corrected chi connectivity index (χ1v) is 14.9. The zero-order valence-corrected chi connectivity index (χ0v) is 23.0. The van der Waals surface area contributed by atoms with Gasteiger partial charge in [-0.3, -0.25) is 0 Å². The van der Waals surface area contributed by atoms with Crippen molar-refractivity contribution in [1.82, 2.24) is 0 Å². The normalized spacial score (nSPS) is 11.5. The molecule has 0 atom stereocenters. The Kier molecular flexibility index (Phi) is 5.31. The van der Waals surface area contributed by atoms with Crippen LogP contribution in [0, 0.1) is 11.3 Å². The molecule has 3 heteroatoms. The van der Waals surface area contributed by atoms with Gasteiger partial charge in [-0.1, -0.05) is 91.0 Å². The van der Waals surface area contributed by atoms with Gasteiger partial charge in [0.25, 0.3) is 0 Å². The number of rotatable bonds is 3. The van der Waals surface area contributed by atoms with Crippen molar-refractivity contribution in [2.75, 3.05) is 0 Å². The number of nitrogens with zero attached hydrogens (tertiary/aromatic N) is 1. The molecule has 0 spiro atoms. The summed E-state index contributed by atoms with van der Waals surface area (Å²) in [5.41, 5.74) is 7.20. The fraction of sp³-hybridized carbons (Fsp3) is 0. The van der Waals surface area contributed by atoms with Crippen LogP contribution >= 0.6 is 22.7 Å². The lowest BCUT2D eigenvalue weighted by atomic mass is 9.88. The van der Waals surface area contributed by atoms with E-state index in [1.165, 1.54) is 40.3 Å². The molecule has 40 heavy (non-hydrogen) atoms. The number of thiophene rings is 2. The third kappa shape index (κ3) is 3.66. The van der Waals surface area contributed by atoms with Gasteiger partial charge in [0.15, 0.2) is 0 Å². The predicted molar refractivity (Wildman–Crippen MR) is 173 cm³/mol. The van der Waals surface area contributed by atoms with Crippen LogP contribution in [0.5, 0.6) is 0 Å². The highest BCUT2D eigenvalue weighted by Gasteiger charge is 2.17. The van der Waals surface area contributed by atoms with E-state index in [-0.39, 0.29) is 0 Å². The van der Waals surface area contributed by atoms with E-state index in [1.807, 2.05) is 17.4 Å². The number of hydrogen-bond donors (Lipinski definition) is 0. The lowest BCUT2D eigenvalue weighted by Crippen LogP contribution is -1.92. The Morgan fingerprint density at radius 1 is 0.400 bits per heavy atom. The molecular formula is C37H21NS2. The van der Waals surface area contributed by atoms with Crippen LogP contribution in [0.3, 0.4) is 0 Å². The van der Waals surface area contributed by atoms with E-state index in [4.69, 9.17) is 0 Å². The van der Waals surface area contributed by atoms with E-state index in [9.17, 15) is 5.26 Å². The van der Waals surface area contributed by atoms with E-state index in [0.717, 1.165) is 33.4 Å². The molecule has 0 amide bonds. The van der Waals surface area contributed by atoms with Gasteiger partial charge in [0, 0.05) is 45.9 Å². The lowest BCUT2D eigenvalue weighted by Gasteiger charge is -2.15. The fourth-order valence-corrected chi connectivity index (χ4v) is 8.10. The first-order chi connectivity index (χ1) is 19.8. The van der Waals surface area contributed by atoms with Crippen LogP contribution in [0.2, 0.25) is 0 Å². The maximum atomic E-state index is 10.4. The predicted octanol–water partition coefficient (Wildman–Crippen LogP) is 11.3. The Bertz CT molecular complexity index is 2280. The quantitative estimate of drug-likeness (QED) is 0.217. The highest BCUT2D eigenvalue weighted by molar-refractivity contribution is 7.26. The largest absolute Gasteiger partial charge is 0.192 e. The fourth-order valence-electron chi connectivity index (χ4n) is 5.81. The van der Waals surface area contributed by atoms with Gasteiger partial charge >= 0.3 is 0 Å². The second kappa shape index (κ2) is 9.17. The monoisotopic (exact) mass is 543 g/mol. The molecule has 8 aromatic rings. The van der Waals surface area contributed by atoms with E-state index < -0.39 is 0 Å². The third-order valence-electron chi connectivity index (χ3n) is 7.74. The standard InChI is InChI=1S/C37H21NS2/c38-22-26-18-32(25-15-17-30-28-11-5-7-13-35(28)40-37(30)20-25)33(23-8-2-1-3-9-23)21-31(26)24-14-16-29-27-10-4-6-12-34(27)39-36(29)19-24/h1-21H. The van der Waals surface area contributed by atoms with Gasteiger partial charge in [-0.15, -0.1) is 22.7 Å². The van der Waals surface area contributed by atoms with Crippen molar-refractivity contribution in [2.45, 2.75) is 0 Å². The summed E-state index contributed by atoms with van der Waals surface area (Å²) in [6, 6.07) is 47.8. The van der Waals surface area contributed by atoms with Gasteiger partial charge in [-0.25, -0.2) is 0 Å². The van der Waals surface area contributed by atoms with Gasteiger partial charge in [0.1, 0.15) is 0 Å². The van der Waals surface area contributed by atoms with Crippen molar-refractivity contribution in [2.24, 2.45) is 0 Å². The third-order valence-corrected chi connectivity index (χ3v) is 10.0. The summed E-state index contributed by atoms with van der Waals surface area (Å²) < 4.78 is 5.08. The summed E-state index contributed by atoms with van der Waals surface area (Å²) in [4.78, 5) is 0. The SMILES string of the molecule is N#Cc1cc(-c2ccc3c(c2)sc2ccccc23)c(-c2ccccc2)cc1-c1ccc2c(c1)sc1ccccc12. The van der Waals surface area contributed by atoms with E-state index in [0.29, 0.717) is 5.56 Å². The average Bonchev–Trinajstić information content (AvgIpc) is 3.58. The molecule has 0 aliphatic carbocycles. The van der Waals surface area contributed by atoms with Gasteiger partial charge in [0.05, 0.1) is 11.6 Å². The van der Waals surface area contributed by atoms with Crippen molar-refractivity contribution in [3.8, 4) is 39.4 Å². The van der Waals surface area contributed by atoms with Crippen molar-refractivity contribution < 1.29 is 0 Å². The van der Waals surface area contributed by atoms with Gasteiger partial charge in [-0.2, -0.15) is 5.26 Å². The van der Waals surface area contributed by atoms with Crippen molar-refractivity contribution >= 4 is 63.0 Å². The minimum Gasteiger partial charge on any atom is -0.192 e. The van der Waals surface area contributed by atoms with Crippen LogP contribution in [-0.4, -0.2) is 0 Å². The van der Waals surface area contributed by atoms with Crippen LogP contribution in [0.15, 0.2) is 127 Å². The van der Waals surface area contributed by atoms with Crippen molar-refractivity contribution in [1.29, 1.82) is 5.26 Å². The second-order valence-electron chi connectivity index (χ2n) is 10.0. The maximum absolute atomic E-state index is 10.4. The molecule has 0 fully saturated rings. The Labute approximate surface area is 239 Å². The molecule has 0 unspecified atom stereocenters. The molecule has 0 N–H and O–H groups in total. The first kappa shape index (κ1) is 23.2. The molecule has 2 heterocycles. The van der Waals surface area contributed by atoms with Gasteiger partial charge < -0.3 is 0 Å². The highest BCUT2D eigenvalue weighted by Crippen LogP contribution is 2.43. The molecule has 1 nitrogen and oxygen atoms in total. The Hall–Kier alpha value is -4.75. The summed E-state index contributed by atoms with van der Waals surface area (Å²) in [7, 11) is 0. The van der Waals surface area contributed by atoms with E-state index >= 15 is 0 Å². The molecule has 186 valence electrons. The number of nitriles is 1. The summed E-state index contributed by atoms with van der Waals surface area (Å²) in [5.74, 6) is 0. The zero-order chi connectivity index (χ0) is 26.6. The Morgan fingerprint density at radius 2 is 0.900 bits per heavy atom. The average molecular weight is 544 g/mol. The molecule has 2 aromatic heterocycles. The first-order valence-electron chi connectivity index (χ1n) is 13.2. The minimum atomic E-state index is 0.687. The van der Waals surface area contributed by atoms with Crippen LogP contribution in [0.4, 0.5) is 0 Å². The van der Waals surface area contributed by atoms with Crippen molar-refractivity contribution in [3.63, 3.8) is 0 Å². The van der Waals surface area contributed by atoms with E-state index in [1.54, 1.807) is 11.3 Å². The Balaban J connectivity index is 1.36. The van der Waals surface area contributed by atoms with Crippen LogP contribution < -0.4 is 0 Å². The van der Waals surface area contributed by atoms with Crippen LogP contribution in [0.1, 0.15) is 5.56 Å². The van der Waals surface area contributed by atoms with Gasteiger partial charge in [-0.05, 0) is 64.2 Å². The van der Waals surface area contributed by atoms with Gasteiger partial charge in [0.2, 0.25) is 0 Å². The molecule has 0 aliphatic rings. The smallest absolute Gasteiger partial charge is 0.0998 e. The summed E-state index contributed by atoms with van der Waals surface area (Å²) >= 11 is 3.63. The molecule has 8 rings (SSSR count). The molecule has 0 bridgehead atoms. The number of fused-ring (bicyclic) bond motifs is 6. The molecule has 6 aromatic carbocycles. The van der Waals surface area contributed by atoms with Crippen LogP contribution in [-0.2, 0) is 0 Å². The summed E-state index contributed by atoms with van der Waals surface area (Å²) in [5, 5.41) is 15.5. The number of hydrogen-bond acceptors (Lipinski definition) is 3. The summed E-state index contributed by atoms with van der Waals surface area (Å²) in [6.45, 7) is 0.